The Labute approximate surface area is 251 Å². The van der Waals surface area contributed by atoms with Crippen LogP contribution >= 0.6 is 0 Å². The Morgan fingerprint density at radius 1 is 1.05 bits per heavy atom. The van der Waals surface area contributed by atoms with E-state index < -0.39 is 41.6 Å². The summed E-state index contributed by atoms with van der Waals surface area (Å²) < 4.78 is 17.0. The van der Waals surface area contributed by atoms with E-state index in [9.17, 15) is 14.4 Å². The summed E-state index contributed by atoms with van der Waals surface area (Å²) in [5, 5.41) is 2.75. The number of rotatable bonds is 1. The van der Waals surface area contributed by atoms with Crippen molar-refractivity contribution in [1.29, 1.82) is 0 Å². The van der Waals surface area contributed by atoms with E-state index in [0.29, 0.717) is 23.5 Å². The molecular formula is C33H38N4O6. The average molecular weight is 587 g/mol. The highest BCUT2D eigenvalue weighted by atomic mass is 16.5. The molecule has 3 heterocycles. The number of aromatic nitrogens is 2. The zero-order valence-corrected chi connectivity index (χ0v) is 25.0. The summed E-state index contributed by atoms with van der Waals surface area (Å²) in [6.07, 6.45) is 5.41. The Morgan fingerprint density at radius 3 is 2.56 bits per heavy atom. The number of benzene rings is 2. The fraction of sp³-hybridized carbons (Fsp3) is 0.424. The first-order valence-electron chi connectivity index (χ1n) is 14.7. The van der Waals surface area contributed by atoms with E-state index >= 15 is 0 Å². The van der Waals surface area contributed by atoms with Gasteiger partial charge in [-0.05, 0) is 48.4 Å². The number of hydrogen-bond donors (Lipinski definition) is 1. The number of cyclic esters (lactones) is 1. The quantitative estimate of drug-likeness (QED) is 0.389. The first kappa shape index (κ1) is 30.0. The van der Waals surface area contributed by atoms with Gasteiger partial charge >= 0.3 is 12.1 Å². The van der Waals surface area contributed by atoms with Gasteiger partial charge in [-0.3, -0.25) is 4.79 Å². The smallest absolute Gasteiger partial charge is 0.407 e. The van der Waals surface area contributed by atoms with Crippen LogP contribution in [-0.4, -0.2) is 71.3 Å². The first-order valence-corrected chi connectivity index (χ1v) is 14.7. The van der Waals surface area contributed by atoms with E-state index in [4.69, 9.17) is 24.2 Å². The molecule has 1 saturated heterocycles. The summed E-state index contributed by atoms with van der Waals surface area (Å²) in [5.74, 6) is -0.661. The number of para-hydroxylation sites is 2. The van der Waals surface area contributed by atoms with Gasteiger partial charge < -0.3 is 24.4 Å². The SMILES string of the molecule is COC(=O)[C@@H]1C[C@@H]2CN1C(=O)[C@H](C(C)(C)C)NC(=O)OCCCCC=Cc1cccc(c1)-c1nc3ccccc3nc1O2. The van der Waals surface area contributed by atoms with Crippen LogP contribution in [-0.2, 0) is 19.1 Å². The van der Waals surface area contributed by atoms with Crippen molar-refractivity contribution in [2.45, 2.75) is 64.6 Å². The molecule has 10 nitrogen and oxygen atoms in total. The minimum Gasteiger partial charge on any atom is -0.471 e. The maximum atomic E-state index is 14.0. The van der Waals surface area contributed by atoms with E-state index in [-0.39, 0.29) is 19.6 Å². The molecule has 5 rings (SSSR count). The normalized spacial score (nSPS) is 21.8. The van der Waals surface area contributed by atoms with Crippen molar-refractivity contribution in [2.75, 3.05) is 20.3 Å². The summed E-state index contributed by atoms with van der Waals surface area (Å²) >= 11 is 0. The fourth-order valence-corrected chi connectivity index (χ4v) is 5.41. The number of esters is 1. The van der Waals surface area contributed by atoms with Crippen molar-refractivity contribution in [1.82, 2.24) is 20.2 Å². The summed E-state index contributed by atoms with van der Waals surface area (Å²) in [6.45, 7) is 5.88. The highest BCUT2D eigenvalue weighted by Crippen LogP contribution is 2.33. The van der Waals surface area contributed by atoms with Crippen LogP contribution in [0.15, 0.2) is 54.6 Å². The lowest BCUT2D eigenvalue weighted by Crippen LogP contribution is -2.57. The molecule has 3 atom stereocenters. The van der Waals surface area contributed by atoms with Crippen LogP contribution in [0.25, 0.3) is 28.4 Å². The third kappa shape index (κ3) is 6.96. The van der Waals surface area contributed by atoms with Crippen LogP contribution in [0, 0.1) is 5.41 Å². The average Bonchev–Trinajstić information content (AvgIpc) is 3.41. The second-order valence-corrected chi connectivity index (χ2v) is 12.0. The lowest BCUT2D eigenvalue weighted by Gasteiger charge is -2.34. The van der Waals surface area contributed by atoms with Crippen LogP contribution in [0.4, 0.5) is 4.79 Å². The Morgan fingerprint density at radius 2 is 1.81 bits per heavy atom. The van der Waals surface area contributed by atoms with Gasteiger partial charge in [0.1, 0.15) is 23.9 Å². The van der Waals surface area contributed by atoms with Gasteiger partial charge in [0.05, 0.1) is 31.3 Å². The Kier molecular flexibility index (Phi) is 8.94. The van der Waals surface area contributed by atoms with Gasteiger partial charge in [0.15, 0.2) is 0 Å². The van der Waals surface area contributed by atoms with Crippen LogP contribution in [0.5, 0.6) is 5.88 Å². The topological polar surface area (TPSA) is 120 Å². The molecule has 1 N–H and O–H groups in total. The molecule has 0 radical (unpaired) electrons. The van der Waals surface area contributed by atoms with Gasteiger partial charge in [-0.25, -0.2) is 19.6 Å². The molecule has 4 bridgehead atoms. The number of nitrogens with zero attached hydrogens (tertiary/aromatic N) is 3. The van der Waals surface area contributed by atoms with E-state index in [2.05, 4.69) is 17.5 Å². The number of ether oxygens (including phenoxy) is 3. The zero-order chi connectivity index (χ0) is 30.6. The molecule has 1 aromatic heterocycles. The molecule has 2 aromatic carbocycles. The van der Waals surface area contributed by atoms with E-state index in [1.165, 1.54) is 12.0 Å². The molecule has 3 aromatic rings. The zero-order valence-electron chi connectivity index (χ0n) is 25.0. The predicted molar refractivity (Wildman–Crippen MR) is 162 cm³/mol. The van der Waals surface area contributed by atoms with E-state index in [0.717, 1.165) is 29.5 Å². The molecule has 0 aliphatic carbocycles. The number of methoxy groups -OCH3 is 1. The largest absolute Gasteiger partial charge is 0.471 e. The standard InChI is InChI=1S/C33H38N4O6/c1-33(2,3)28-30(38)37-20-23(19-26(37)31(39)41-4)43-29-27(34-24-15-8-9-16-25(24)35-29)22-14-11-13-21(18-22)12-7-5-6-10-17-42-32(40)36-28/h7-9,11-16,18,23,26,28H,5-6,10,17,19-20H2,1-4H3,(H,36,40)/t23-,26+,28-/m1/s1. The molecule has 1 fully saturated rings. The van der Waals surface area contributed by atoms with Crippen LogP contribution in [0.1, 0.15) is 52.0 Å². The lowest BCUT2D eigenvalue weighted by molar-refractivity contribution is -0.152. The van der Waals surface area contributed by atoms with Crippen molar-refractivity contribution in [3.05, 3.63) is 60.2 Å². The van der Waals surface area contributed by atoms with Crippen LogP contribution in [0.2, 0.25) is 0 Å². The number of amides is 2. The molecule has 2 aliphatic rings. The van der Waals surface area contributed by atoms with Crippen molar-refractivity contribution in [3.8, 4) is 17.1 Å². The van der Waals surface area contributed by atoms with Gasteiger partial charge in [0.2, 0.25) is 11.8 Å². The monoisotopic (exact) mass is 586 g/mol. The van der Waals surface area contributed by atoms with Crippen molar-refractivity contribution in [2.24, 2.45) is 5.41 Å². The third-order valence-electron chi connectivity index (χ3n) is 7.68. The molecular weight excluding hydrogens is 548 g/mol. The number of carbonyl (C=O) groups excluding carboxylic acids is 3. The third-order valence-corrected chi connectivity index (χ3v) is 7.68. The molecule has 226 valence electrons. The van der Waals surface area contributed by atoms with Gasteiger partial charge in [-0.15, -0.1) is 0 Å². The first-order chi connectivity index (χ1) is 20.6. The number of fused-ring (bicyclic) bond motifs is 7. The van der Waals surface area contributed by atoms with Crippen molar-refractivity contribution in [3.63, 3.8) is 0 Å². The number of allylic oxidation sites excluding steroid dienone is 1. The molecule has 0 spiro atoms. The maximum Gasteiger partial charge on any atom is 0.407 e. The van der Waals surface area contributed by atoms with Gasteiger partial charge in [-0.2, -0.15) is 0 Å². The van der Waals surface area contributed by atoms with Crippen LogP contribution < -0.4 is 10.1 Å². The summed E-state index contributed by atoms with van der Waals surface area (Å²) in [5.41, 5.74) is 3.13. The highest BCUT2D eigenvalue weighted by Gasteiger charge is 2.46. The number of hydrogen-bond acceptors (Lipinski definition) is 8. The predicted octanol–water partition coefficient (Wildman–Crippen LogP) is 5.16. The van der Waals surface area contributed by atoms with Crippen LogP contribution in [0.3, 0.4) is 0 Å². The van der Waals surface area contributed by atoms with E-state index in [1.807, 2.05) is 69.3 Å². The number of alkyl carbamates (subject to hydrolysis) is 1. The van der Waals surface area contributed by atoms with Gasteiger partial charge in [0, 0.05) is 12.0 Å². The van der Waals surface area contributed by atoms with E-state index in [1.54, 1.807) is 0 Å². The second kappa shape index (κ2) is 12.8. The second-order valence-electron chi connectivity index (χ2n) is 12.0. The number of nitrogens with one attached hydrogen (secondary N) is 1. The summed E-state index contributed by atoms with van der Waals surface area (Å²) in [4.78, 5) is 50.8. The maximum absolute atomic E-state index is 14.0. The van der Waals surface area contributed by atoms with Gasteiger partial charge in [-0.1, -0.05) is 63.3 Å². The Bertz CT molecular complexity index is 1530. The molecule has 43 heavy (non-hydrogen) atoms. The van der Waals surface area contributed by atoms with Gasteiger partial charge in [0.25, 0.3) is 0 Å². The minimum atomic E-state index is -0.946. The summed E-state index contributed by atoms with van der Waals surface area (Å²) in [6, 6.07) is 13.7. The molecule has 0 saturated carbocycles. The highest BCUT2D eigenvalue weighted by molar-refractivity contribution is 5.91. The number of carbonyl (C=O) groups is 3. The molecule has 10 heteroatoms. The minimum absolute atomic E-state index is 0.0959. The molecule has 2 aliphatic heterocycles. The molecule has 2 amide bonds. The Balaban J connectivity index is 1.57. The fourth-order valence-electron chi connectivity index (χ4n) is 5.41. The van der Waals surface area contributed by atoms with Crippen molar-refractivity contribution < 1.29 is 28.6 Å². The summed E-state index contributed by atoms with van der Waals surface area (Å²) in [7, 11) is 1.29. The van der Waals surface area contributed by atoms with Crippen molar-refractivity contribution >= 4 is 35.1 Å². The lowest BCUT2D eigenvalue weighted by atomic mass is 9.85. The Hall–Kier alpha value is -4.47. The molecule has 0 unspecified atom stereocenters.